The molecule has 0 aromatic carbocycles. The van der Waals surface area contributed by atoms with Crippen LogP contribution in [0.3, 0.4) is 0 Å². The average molecular weight is 262 g/mol. The van der Waals surface area contributed by atoms with E-state index >= 15 is 0 Å². The van der Waals surface area contributed by atoms with Crippen molar-refractivity contribution < 1.29 is 9.90 Å². The maximum atomic E-state index is 10.8. The van der Waals surface area contributed by atoms with E-state index in [1.165, 1.54) is 36.0 Å². The van der Waals surface area contributed by atoms with Crippen molar-refractivity contribution in [2.24, 2.45) is 17.8 Å². The zero-order valence-electron chi connectivity index (χ0n) is 9.87. The van der Waals surface area contributed by atoms with Crippen LogP contribution in [0.2, 0.25) is 0 Å². The number of aromatic carboxylic acids is 1. The number of nitrogens with zero attached hydrogens (tertiary/aromatic N) is 2. The summed E-state index contributed by atoms with van der Waals surface area (Å²) in [6.07, 6.45) is 4.90. The van der Waals surface area contributed by atoms with Gasteiger partial charge in [-0.25, -0.2) is 9.78 Å². The fraction of sp³-hybridized carbons (Fsp3) is 0.615. The van der Waals surface area contributed by atoms with Gasteiger partial charge >= 0.3 is 5.97 Å². The summed E-state index contributed by atoms with van der Waals surface area (Å²) in [6, 6.07) is 2.35. The highest BCUT2D eigenvalue weighted by Gasteiger charge is 2.44. The summed E-state index contributed by atoms with van der Waals surface area (Å²) in [5.74, 6) is 0.605. The number of thiazole rings is 1. The van der Waals surface area contributed by atoms with E-state index in [0.29, 0.717) is 16.8 Å². The number of hydrogen-bond acceptors (Lipinski definition) is 4. The van der Waals surface area contributed by atoms with Gasteiger partial charge in [-0.2, -0.15) is 5.26 Å². The quantitative estimate of drug-likeness (QED) is 0.908. The highest BCUT2D eigenvalue weighted by atomic mass is 32.1. The lowest BCUT2D eigenvalue weighted by Gasteiger charge is -2.24. The Labute approximate surface area is 109 Å². The van der Waals surface area contributed by atoms with Gasteiger partial charge in [0.25, 0.3) is 0 Å². The first-order chi connectivity index (χ1) is 8.69. The fourth-order valence-electron chi connectivity index (χ4n) is 3.56. The van der Waals surface area contributed by atoms with Gasteiger partial charge in [0, 0.05) is 5.38 Å². The number of carboxylic acids is 1. The van der Waals surface area contributed by atoms with E-state index in [4.69, 9.17) is 5.11 Å². The van der Waals surface area contributed by atoms with Crippen LogP contribution in [-0.4, -0.2) is 16.1 Å². The molecule has 2 saturated carbocycles. The predicted octanol–water partition coefficient (Wildman–Crippen LogP) is 2.88. The maximum Gasteiger partial charge on any atom is 0.355 e. The molecule has 2 fully saturated rings. The van der Waals surface area contributed by atoms with Crippen molar-refractivity contribution in [3.05, 3.63) is 16.1 Å². The Hall–Kier alpha value is -1.41. The molecule has 1 aromatic heterocycles. The van der Waals surface area contributed by atoms with E-state index < -0.39 is 5.97 Å². The molecule has 94 valence electrons. The van der Waals surface area contributed by atoms with Gasteiger partial charge in [-0.1, -0.05) is 6.42 Å². The largest absolute Gasteiger partial charge is 0.476 e. The summed E-state index contributed by atoms with van der Waals surface area (Å²) < 4.78 is 0. The van der Waals surface area contributed by atoms with Crippen LogP contribution in [0.5, 0.6) is 0 Å². The van der Waals surface area contributed by atoms with E-state index in [0.717, 1.165) is 12.3 Å². The Morgan fingerprint density at radius 3 is 2.89 bits per heavy atom. The normalized spacial score (nSPS) is 31.2. The summed E-state index contributed by atoms with van der Waals surface area (Å²) in [5.41, 5.74) is 0.0680. The first kappa shape index (κ1) is 11.7. The zero-order chi connectivity index (χ0) is 12.7. The van der Waals surface area contributed by atoms with Crippen LogP contribution in [0.25, 0.3) is 0 Å². The third kappa shape index (κ3) is 1.81. The first-order valence-electron chi connectivity index (χ1n) is 6.27. The fourth-order valence-corrected chi connectivity index (χ4v) is 4.48. The lowest BCUT2D eigenvalue weighted by Crippen LogP contribution is -2.18. The summed E-state index contributed by atoms with van der Waals surface area (Å²) in [6.45, 7) is 0. The molecule has 2 aliphatic rings. The van der Waals surface area contributed by atoms with E-state index in [2.05, 4.69) is 11.1 Å². The number of hydrogen-bond donors (Lipinski definition) is 1. The van der Waals surface area contributed by atoms with Crippen molar-refractivity contribution in [3.63, 3.8) is 0 Å². The van der Waals surface area contributed by atoms with Crippen LogP contribution >= 0.6 is 11.3 Å². The third-order valence-corrected chi connectivity index (χ3v) is 5.29. The van der Waals surface area contributed by atoms with Crippen molar-refractivity contribution in [1.82, 2.24) is 4.98 Å². The van der Waals surface area contributed by atoms with Gasteiger partial charge in [0.05, 0.1) is 6.07 Å². The molecule has 1 aromatic rings. The number of aromatic nitrogens is 1. The van der Waals surface area contributed by atoms with Crippen molar-refractivity contribution in [1.29, 1.82) is 5.26 Å². The summed E-state index contributed by atoms with van der Waals surface area (Å²) in [4.78, 5) is 14.9. The molecular weight excluding hydrogens is 248 g/mol. The molecule has 3 rings (SSSR count). The Kier molecular flexibility index (Phi) is 2.83. The van der Waals surface area contributed by atoms with Crippen LogP contribution in [-0.2, 0) is 0 Å². The monoisotopic (exact) mass is 262 g/mol. The van der Waals surface area contributed by atoms with Crippen LogP contribution in [0.1, 0.15) is 47.1 Å². The second-order valence-electron chi connectivity index (χ2n) is 5.32. The molecule has 5 heteroatoms. The average Bonchev–Trinajstić information content (AvgIpc) is 3.05. The van der Waals surface area contributed by atoms with Gasteiger partial charge in [0.1, 0.15) is 10.9 Å². The molecule has 0 saturated heterocycles. The predicted molar refractivity (Wildman–Crippen MR) is 66.4 cm³/mol. The maximum absolute atomic E-state index is 10.8. The summed E-state index contributed by atoms with van der Waals surface area (Å²) in [7, 11) is 0. The molecule has 18 heavy (non-hydrogen) atoms. The molecule has 2 aliphatic carbocycles. The number of carboxylic acid groups (broad SMARTS) is 1. The lowest BCUT2D eigenvalue weighted by atomic mass is 9.80. The Balaban J connectivity index is 1.84. The Bertz CT molecular complexity index is 519. The Morgan fingerprint density at radius 2 is 2.39 bits per heavy atom. The van der Waals surface area contributed by atoms with E-state index in [1.54, 1.807) is 0 Å². The molecule has 0 amide bonds. The van der Waals surface area contributed by atoms with E-state index in [1.807, 2.05) is 0 Å². The van der Waals surface area contributed by atoms with Gasteiger partial charge in [0.15, 0.2) is 5.69 Å². The van der Waals surface area contributed by atoms with Crippen molar-refractivity contribution in [2.75, 3.05) is 0 Å². The summed E-state index contributed by atoms with van der Waals surface area (Å²) >= 11 is 1.31. The number of rotatable bonds is 3. The number of fused-ring (bicyclic) bond motifs is 2. The van der Waals surface area contributed by atoms with Crippen molar-refractivity contribution in [3.8, 4) is 6.07 Å². The molecule has 4 unspecified atom stereocenters. The van der Waals surface area contributed by atoms with Crippen molar-refractivity contribution >= 4 is 17.3 Å². The molecule has 0 aliphatic heterocycles. The minimum absolute atomic E-state index is 0.0680. The highest BCUT2D eigenvalue weighted by molar-refractivity contribution is 7.10. The lowest BCUT2D eigenvalue weighted by molar-refractivity contribution is 0.0691. The van der Waals surface area contributed by atoms with Gasteiger partial charge in [-0.15, -0.1) is 11.3 Å². The smallest absolute Gasteiger partial charge is 0.355 e. The first-order valence-corrected chi connectivity index (χ1v) is 7.15. The topological polar surface area (TPSA) is 74.0 Å². The molecular formula is C13H14N2O2S. The third-order valence-electron chi connectivity index (χ3n) is 4.37. The molecule has 0 spiro atoms. The molecule has 4 nitrogen and oxygen atoms in total. The Morgan fingerprint density at radius 1 is 1.56 bits per heavy atom. The van der Waals surface area contributed by atoms with Gasteiger partial charge in [0.2, 0.25) is 0 Å². The summed E-state index contributed by atoms with van der Waals surface area (Å²) in [5, 5.41) is 20.5. The minimum Gasteiger partial charge on any atom is -0.476 e. The van der Waals surface area contributed by atoms with E-state index in [-0.39, 0.29) is 11.6 Å². The van der Waals surface area contributed by atoms with Crippen LogP contribution in [0.4, 0.5) is 0 Å². The van der Waals surface area contributed by atoms with Crippen molar-refractivity contribution in [2.45, 2.75) is 31.6 Å². The highest BCUT2D eigenvalue weighted by Crippen LogP contribution is 2.53. The SMILES string of the molecule is N#CC(c1nc(C(=O)O)cs1)C1CC2CCC1C2. The second-order valence-corrected chi connectivity index (χ2v) is 6.21. The standard InChI is InChI=1S/C13H14N2O2S/c14-5-10(9-4-7-1-2-8(9)3-7)12-15-11(6-18-12)13(16)17/h6-10H,1-4H2,(H,16,17). The van der Waals surface area contributed by atoms with Crippen LogP contribution in [0, 0.1) is 29.1 Å². The van der Waals surface area contributed by atoms with Gasteiger partial charge < -0.3 is 5.11 Å². The molecule has 2 bridgehead atoms. The van der Waals surface area contributed by atoms with Gasteiger partial charge in [-0.05, 0) is 37.0 Å². The minimum atomic E-state index is -1.01. The van der Waals surface area contributed by atoms with E-state index in [9.17, 15) is 10.1 Å². The molecule has 4 atom stereocenters. The van der Waals surface area contributed by atoms with Crippen LogP contribution in [0.15, 0.2) is 5.38 Å². The zero-order valence-corrected chi connectivity index (χ0v) is 10.7. The van der Waals surface area contributed by atoms with Crippen LogP contribution < -0.4 is 0 Å². The molecule has 0 radical (unpaired) electrons. The molecule has 1 heterocycles. The number of nitriles is 1. The number of carbonyl (C=O) groups is 1. The van der Waals surface area contributed by atoms with Gasteiger partial charge in [-0.3, -0.25) is 0 Å². The second kappa shape index (κ2) is 4.36. The molecule has 1 N–H and O–H groups in total.